The zero-order valence-corrected chi connectivity index (χ0v) is 26.5. The Morgan fingerprint density at radius 3 is 2.05 bits per heavy atom. The molecule has 2 rings (SSSR count). The normalized spacial score (nSPS) is 12.0. The van der Waals surface area contributed by atoms with Crippen LogP contribution < -0.4 is 10.6 Å². The molecule has 2 aromatic carbocycles. The van der Waals surface area contributed by atoms with Crippen molar-refractivity contribution in [2.24, 2.45) is 0 Å². The summed E-state index contributed by atoms with van der Waals surface area (Å²) in [4.78, 5) is 13.4. The van der Waals surface area contributed by atoms with Crippen molar-refractivity contribution in [3.8, 4) is 0 Å². The van der Waals surface area contributed by atoms with Gasteiger partial charge in [-0.1, -0.05) is 53.7 Å². The number of aliphatic hydroxyl groups excluding tert-OH is 1. The first-order valence-corrected chi connectivity index (χ1v) is 14.5. The van der Waals surface area contributed by atoms with Crippen LogP contribution >= 0.6 is 11.9 Å². The van der Waals surface area contributed by atoms with Crippen LogP contribution in [-0.2, 0) is 17.7 Å². The minimum atomic E-state index is -1.02. The lowest BCUT2D eigenvalue weighted by atomic mass is 10.0. The summed E-state index contributed by atoms with van der Waals surface area (Å²) >= 11 is 1.61. The van der Waals surface area contributed by atoms with E-state index in [-0.39, 0.29) is 13.0 Å². The molecular formula is C30H51F2N3O3S. The highest BCUT2D eigenvalue weighted by atomic mass is 32.2. The summed E-state index contributed by atoms with van der Waals surface area (Å²) in [6.07, 6.45) is -1.70. The summed E-state index contributed by atoms with van der Waals surface area (Å²) in [6, 6.07) is 10.3. The Hall–Kier alpha value is -2.20. The summed E-state index contributed by atoms with van der Waals surface area (Å²) in [5.41, 5.74) is 0.636. The molecule has 6 nitrogen and oxygen atoms in total. The number of hydrogen-bond donors (Lipinski definition) is 3. The van der Waals surface area contributed by atoms with Crippen LogP contribution in [0.25, 0.3) is 0 Å². The van der Waals surface area contributed by atoms with Crippen molar-refractivity contribution in [1.29, 1.82) is 0 Å². The number of carbonyl (C=O) groups is 1. The highest BCUT2D eigenvalue weighted by molar-refractivity contribution is 7.97. The highest BCUT2D eigenvalue weighted by Crippen LogP contribution is 2.20. The molecule has 2 atom stereocenters. The van der Waals surface area contributed by atoms with Gasteiger partial charge < -0.3 is 20.5 Å². The molecule has 2 aromatic rings. The molecule has 3 N–H and O–H groups in total. The van der Waals surface area contributed by atoms with Gasteiger partial charge in [-0.3, -0.25) is 4.31 Å². The lowest BCUT2D eigenvalue weighted by molar-refractivity contribution is 0.0422. The molecule has 1 unspecified atom stereocenters. The molecule has 0 radical (unpaired) electrons. The molecule has 0 saturated carbocycles. The molecule has 0 heterocycles. The fourth-order valence-electron chi connectivity index (χ4n) is 3.15. The van der Waals surface area contributed by atoms with E-state index in [0.717, 1.165) is 16.5 Å². The lowest BCUT2D eigenvalue weighted by Crippen LogP contribution is -2.49. The number of alkyl carbamates (subject to hydrolysis) is 1. The minimum absolute atomic E-state index is 0.0335. The van der Waals surface area contributed by atoms with Crippen molar-refractivity contribution in [2.45, 2.75) is 97.9 Å². The molecule has 0 aliphatic heterocycles. The molecule has 0 spiro atoms. The summed E-state index contributed by atoms with van der Waals surface area (Å²) in [7, 11) is 3.93. The molecule has 0 aromatic heterocycles. The van der Waals surface area contributed by atoms with Crippen molar-refractivity contribution in [3.63, 3.8) is 0 Å². The van der Waals surface area contributed by atoms with Gasteiger partial charge in [0.1, 0.15) is 17.2 Å². The summed E-state index contributed by atoms with van der Waals surface area (Å²) in [6.45, 7) is 17.8. The Balaban J connectivity index is 0. The second kappa shape index (κ2) is 21.6. The van der Waals surface area contributed by atoms with Gasteiger partial charge >= 0.3 is 6.09 Å². The smallest absolute Gasteiger partial charge is 0.407 e. The van der Waals surface area contributed by atoms with Crippen LogP contribution in [-0.4, -0.2) is 53.9 Å². The quantitative estimate of drug-likeness (QED) is 0.262. The highest BCUT2D eigenvalue weighted by Gasteiger charge is 2.25. The van der Waals surface area contributed by atoms with Gasteiger partial charge in [-0.25, -0.2) is 13.6 Å². The molecule has 0 aliphatic rings. The minimum Gasteiger partial charge on any atom is -0.444 e. The third-order valence-corrected chi connectivity index (χ3v) is 5.24. The molecule has 0 aliphatic carbocycles. The predicted molar refractivity (Wildman–Crippen MR) is 161 cm³/mol. The number of amides is 1. The molecule has 1 amide bonds. The van der Waals surface area contributed by atoms with Crippen molar-refractivity contribution < 1.29 is 23.4 Å². The Kier molecular flexibility index (Phi) is 21.6. The summed E-state index contributed by atoms with van der Waals surface area (Å²) < 4.78 is 34.6. The van der Waals surface area contributed by atoms with Crippen molar-refractivity contribution in [2.75, 3.05) is 20.6 Å². The number of hydrogen-bond acceptors (Lipinski definition) is 6. The van der Waals surface area contributed by atoms with E-state index in [2.05, 4.69) is 16.7 Å². The third kappa shape index (κ3) is 18.7. The number of nitrogens with zero attached hydrogens (tertiary/aromatic N) is 1. The second-order valence-electron chi connectivity index (χ2n) is 8.98. The Morgan fingerprint density at radius 2 is 1.54 bits per heavy atom. The number of ether oxygens (including phenoxy) is 1. The van der Waals surface area contributed by atoms with E-state index in [1.54, 1.807) is 32.7 Å². The Morgan fingerprint density at radius 1 is 0.974 bits per heavy atom. The SMILES string of the molecule is CC.CC.CC.CN(C)Sc1cccc(CNC[C@@H](O)C(Cc2cc(F)cc(F)c2)NC(=O)OC(C)(C)C)c1. The third-order valence-electron chi connectivity index (χ3n) is 4.41. The summed E-state index contributed by atoms with van der Waals surface area (Å²) in [5, 5.41) is 16.6. The average Bonchev–Trinajstić information content (AvgIpc) is 2.85. The first kappa shape index (κ1) is 38.9. The standard InChI is InChI=1S/C24H33F2N3O3S.3C2H6/c1-24(2,3)32-23(31)28-21(12-17-9-18(25)13-19(26)10-17)22(30)15-27-14-16-7-6-8-20(11-16)33-29(4)5;3*1-2/h6-11,13,21-22,27,30H,12,14-15H2,1-5H3,(H,28,31);3*1-2H3/t21?,22-;;;/m1.../s1. The van der Waals surface area contributed by atoms with Crippen molar-refractivity contribution >= 4 is 18.0 Å². The number of rotatable bonds is 10. The molecule has 0 saturated heterocycles. The van der Waals surface area contributed by atoms with Crippen LogP contribution in [0.4, 0.5) is 13.6 Å². The molecule has 0 bridgehead atoms. The maximum atomic E-state index is 13.6. The molecule has 9 heteroatoms. The van der Waals surface area contributed by atoms with E-state index < -0.39 is 35.5 Å². The fourth-order valence-corrected chi connectivity index (χ4v) is 3.92. The van der Waals surface area contributed by atoms with Gasteiger partial charge in [-0.2, -0.15) is 0 Å². The predicted octanol–water partition coefficient (Wildman–Crippen LogP) is 7.20. The van der Waals surface area contributed by atoms with Crippen LogP contribution in [0.5, 0.6) is 0 Å². The summed E-state index contributed by atoms with van der Waals surface area (Å²) in [5.74, 6) is -1.44. The van der Waals surface area contributed by atoms with Gasteiger partial charge in [0.2, 0.25) is 0 Å². The van der Waals surface area contributed by atoms with E-state index in [0.29, 0.717) is 12.1 Å². The van der Waals surface area contributed by atoms with Gasteiger partial charge in [0.25, 0.3) is 0 Å². The first-order chi connectivity index (χ1) is 18.4. The molecule has 224 valence electrons. The Labute approximate surface area is 240 Å². The van der Waals surface area contributed by atoms with E-state index in [1.807, 2.05) is 78.1 Å². The van der Waals surface area contributed by atoms with Crippen molar-refractivity contribution in [3.05, 3.63) is 65.2 Å². The second-order valence-corrected chi connectivity index (χ2v) is 10.4. The van der Waals surface area contributed by atoms with Gasteiger partial charge in [0.05, 0.1) is 12.1 Å². The Bertz CT molecular complexity index is 904. The number of aliphatic hydroxyl groups is 1. The fraction of sp³-hybridized carbons (Fsp3) is 0.567. The van der Waals surface area contributed by atoms with Gasteiger partial charge in [-0.15, -0.1) is 0 Å². The average molecular weight is 572 g/mol. The maximum absolute atomic E-state index is 13.6. The maximum Gasteiger partial charge on any atom is 0.407 e. The van der Waals surface area contributed by atoms with E-state index in [9.17, 15) is 18.7 Å². The van der Waals surface area contributed by atoms with E-state index in [4.69, 9.17) is 4.74 Å². The van der Waals surface area contributed by atoms with Crippen LogP contribution in [0.15, 0.2) is 47.4 Å². The van der Waals surface area contributed by atoms with E-state index in [1.165, 1.54) is 12.1 Å². The van der Waals surface area contributed by atoms with Gasteiger partial charge in [-0.05, 0) is 88.6 Å². The van der Waals surface area contributed by atoms with Crippen molar-refractivity contribution in [1.82, 2.24) is 14.9 Å². The van der Waals surface area contributed by atoms with Gasteiger partial charge in [0, 0.05) is 24.1 Å². The first-order valence-electron chi connectivity index (χ1n) is 13.7. The number of halogens is 2. The van der Waals surface area contributed by atoms with Gasteiger partial charge in [0.15, 0.2) is 0 Å². The molecule has 39 heavy (non-hydrogen) atoms. The zero-order chi connectivity index (χ0) is 30.6. The molecule has 0 fully saturated rings. The topological polar surface area (TPSA) is 73.8 Å². The van der Waals surface area contributed by atoms with Crippen LogP contribution in [0.2, 0.25) is 0 Å². The zero-order valence-electron chi connectivity index (χ0n) is 25.7. The van der Waals surface area contributed by atoms with Crippen LogP contribution in [0, 0.1) is 11.6 Å². The lowest BCUT2D eigenvalue weighted by Gasteiger charge is -2.27. The monoisotopic (exact) mass is 571 g/mol. The van der Waals surface area contributed by atoms with Crippen LogP contribution in [0.1, 0.15) is 73.4 Å². The number of carbonyl (C=O) groups excluding carboxylic acids is 1. The number of benzene rings is 2. The van der Waals surface area contributed by atoms with Crippen LogP contribution in [0.3, 0.4) is 0 Å². The molecular weight excluding hydrogens is 520 g/mol. The van der Waals surface area contributed by atoms with E-state index >= 15 is 0 Å². The largest absolute Gasteiger partial charge is 0.444 e. The number of nitrogens with one attached hydrogen (secondary N) is 2.